The third kappa shape index (κ3) is 2.49. The van der Waals surface area contributed by atoms with Crippen molar-refractivity contribution in [3.63, 3.8) is 0 Å². The Hall–Kier alpha value is -0.760. The minimum absolute atomic E-state index is 0.413. The lowest BCUT2D eigenvalue weighted by Gasteiger charge is -2.16. The highest BCUT2D eigenvalue weighted by Crippen LogP contribution is 2.50. The second-order valence-corrected chi connectivity index (χ2v) is 6.44. The maximum atomic E-state index is 10.6. The summed E-state index contributed by atoms with van der Waals surface area (Å²) in [5.74, 6) is 1.21. The van der Waals surface area contributed by atoms with Crippen LogP contribution < -0.4 is 0 Å². The van der Waals surface area contributed by atoms with Crippen molar-refractivity contribution in [1.82, 2.24) is 0 Å². The number of rotatable bonds is 5. The lowest BCUT2D eigenvalue weighted by Crippen LogP contribution is -2.11. The molecule has 0 saturated heterocycles. The number of carbonyl (C=O) groups excluding carboxylic acids is 1. The van der Waals surface area contributed by atoms with Crippen molar-refractivity contribution in [3.05, 3.63) is 35.4 Å². The van der Waals surface area contributed by atoms with Crippen molar-refractivity contribution in [2.24, 2.45) is 0 Å². The van der Waals surface area contributed by atoms with Crippen LogP contribution >= 0.6 is 11.8 Å². The minimum atomic E-state index is 0.413. The van der Waals surface area contributed by atoms with Crippen molar-refractivity contribution in [1.29, 1.82) is 0 Å². The molecule has 16 heavy (non-hydrogen) atoms. The van der Waals surface area contributed by atoms with E-state index in [4.69, 9.17) is 0 Å². The molecule has 0 unspecified atom stereocenters. The van der Waals surface area contributed by atoms with Gasteiger partial charge < -0.3 is 0 Å². The lowest BCUT2D eigenvalue weighted by molar-refractivity contribution is 0.112. The first-order valence-electron chi connectivity index (χ1n) is 5.84. The van der Waals surface area contributed by atoms with Crippen molar-refractivity contribution in [2.45, 2.75) is 37.4 Å². The zero-order valence-electron chi connectivity index (χ0n) is 9.90. The summed E-state index contributed by atoms with van der Waals surface area (Å²) in [6.45, 7) is 4.49. The number of benzene rings is 1. The Labute approximate surface area is 102 Å². The Morgan fingerprint density at radius 3 is 2.38 bits per heavy atom. The normalized spacial score (nSPS) is 17.4. The molecule has 0 atom stereocenters. The summed E-state index contributed by atoms with van der Waals surface area (Å²) in [7, 11) is 0. The Bertz CT molecular complexity index is 363. The van der Waals surface area contributed by atoms with E-state index in [0.717, 1.165) is 11.8 Å². The molecule has 0 aliphatic heterocycles. The maximum Gasteiger partial charge on any atom is 0.150 e. The molecule has 0 amide bonds. The molecule has 1 aliphatic carbocycles. The van der Waals surface area contributed by atoms with Crippen LogP contribution in [-0.2, 0) is 5.41 Å². The SMILES string of the molecule is CC(C)SCC1(c2ccc(C=O)cc2)CC1. The Morgan fingerprint density at radius 1 is 1.31 bits per heavy atom. The summed E-state index contributed by atoms with van der Waals surface area (Å²) < 4.78 is 0. The van der Waals surface area contributed by atoms with E-state index >= 15 is 0 Å². The highest BCUT2D eigenvalue weighted by molar-refractivity contribution is 7.99. The third-order valence-electron chi connectivity index (χ3n) is 3.21. The number of aldehydes is 1. The van der Waals surface area contributed by atoms with E-state index in [1.165, 1.54) is 24.2 Å². The van der Waals surface area contributed by atoms with E-state index < -0.39 is 0 Å². The van der Waals surface area contributed by atoms with Crippen molar-refractivity contribution in [3.8, 4) is 0 Å². The minimum Gasteiger partial charge on any atom is -0.298 e. The van der Waals surface area contributed by atoms with Gasteiger partial charge in [0.25, 0.3) is 0 Å². The fourth-order valence-corrected chi connectivity index (χ4v) is 3.02. The van der Waals surface area contributed by atoms with E-state index in [9.17, 15) is 4.79 Å². The molecule has 0 radical (unpaired) electrons. The fourth-order valence-electron chi connectivity index (χ4n) is 1.91. The number of hydrogen-bond acceptors (Lipinski definition) is 2. The van der Waals surface area contributed by atoms with Gasteiger partial charge in [0.15, 0.2) is 0 Å². The standard InChI is InChI=1S/C14H18OS/c1-11(2)16-10-14(7-8-14)13-5-3-12(9-15)4-6-13/h3-6,9,11H,7-8,10H2,1-2H3. The van der Waals surface area contributed by atoms with Crippen LogP contribution in [0.1, 0.15) is 42.6 Å². The van der Waals surface area contributed by atoms with E-state index in [0.29, 0.717) is 10.7 Å². The molecule has 86 valence electrons. The first kappa shape index (κ1) is 11.7. The van der Waals surface area contributed by atoms with Crippen molar-refractivity contribution >= 4 is 18.0 Å². The largest absolute Gasteiger partial charge is 0.298 e. The molecule has 1 fully saturated rings. The predicted molar refractivity (Wildman–Crippen MR) is 70.3 cm³/mol. The summed E-state index contributed by atoms with van der Waals surface area (Å²) in [6.07, 6.45) is 3.51. The molecule has 0 heterocycles. The monoisotopic (exact) mass is 234 g/mol. The molecular formula is C14H18OS. The van der Waals surface area contributed by atoms with E-state index in [2.05, 4.69) is 26.0 Å². The first-order valence-corrected chi connectivity index (χ1v) is 6.88. The summed E-state index contributed by atoms with van der Waals surface area (Å²) in [5.41, 5.74) is 2.60. The zero-order chi connectivity index (χ0) is 11.6. The molecule has 0 N–H and O–H groups in total. The van der Waals surface area contributed by atoms with Gasteiger partial charge in [-0.25, -0.2) is 0 Å². The van der Waals surface area contributed by atoms with Crippen molar-refractivity contribution < 1.29 is 4.79 Å². The fraction of sp³-hybridized carbons (Fsp3) is 0.500. The molecule has 2 heteroatoms. The first-order chi connectivity index (χ1) is 7.66. The topological polar surface area (TPSA) is 17.1 Å². The summed E-state index contributed by atoms with van der Waals surface area (Å²) >= 11 is 2.04. The van der Waals surface area contributed by atoms with Crippen molar-refractivity contribution in [2.75, 3.05) is 5.75 Å². The molecule has 1 aromatic carbocycles. The van der Waals surface area contributed by atoms with Gasteiger partial charge in [0.1, 0.15) is 6.29 Å². The van der Waals surface area contributed by atoms with Gasteiger partial charge in [-0.2, -0.15) is 11.8 Å². The van der Waals surface area contributed by atoms with Crippen LogP contribution in [0.5, 0.6) is 0 Å². The number of hydrogen-bond donors (Lipinski definition) is 0. The van der Waals surface area contributed by atoms with Crippen LogP contribution in [0, 0.1) is 0 Å². The molecule has 1 saturated carbocycles. The second kappa shape index (κ2) is 4.62. The van der Waals surface area contributed by atoms with Crippen LogP contribution in [0.3, 0.4) is 0 Å². The molecule has 0 aromatic heterocycles. The third-order valence-corrected chi connectivity index (χ3v) is 4.59. The van der Waals surface area contributed by atoms with Gasteiger partial charge in [-0.05, 0) is 23.7 Å². The summed E-state index contributed by atoms with van der Waals surface area (Å²) in [5, 5.41) is 0.701. The van der Waals surface area contributed by atoms with Crippen LogP contribution in [-0.4, -0.2) is 17.3 Å². The molecule has 1 nitrogen and oxygen atoms in total. The average molecular weight is 234 g/mol. The van der Waals surface area contributed by atoms with Gasteiger partial charge >= 0.3 is 0 Å². The smallest absolute Gasteiger partial charge is 0.150 e. The Morgan fingerprint density at radius 2 is 1.94 bits per heavy atom. The zero-order valence-corrected chi connectivity index (χ0v) is 10.7. The van der Waals surface area contributed by atoms with E-state index in [1.807, 2.05) is 23.9 Å². The Balaban J connectivity index is 2.07. The highest BCUT2D eigenvalue weighted by Gasteiger charge is 2.43. The quantitative estimate of drug-likeness (QED) is 0.723. The second-order valence-electron chi connectivity index (χ2n) is 4.88. The molecule has 1 aromatic rings. The number of carbonyl (C=O) groups is 1. The van der Waals surface area contributed by atoms with Gasteiger partial charge in [0.2, 0.25) is 0 Å². The Kier molecular flexibility index (Phi) is 3.38. The maximum absolute atomic E-state index is 10.6. The van der Waals surface area contributed by atoms with Crippen LogP contribution in [0.25, 0.3) is 0 Å². The predicted octanol–water partition coefficient (Wildman–Crippen LogP) is 3.67. The van der Waals surface area contributed by atoms with Gasteiger partial charge in [0.05, 0.1) is 0 Å². The van der Waals surface area contributed by atoms with Gasteiger partial charge in [-0.3, -0.25) is 4.79 Å². The molecule has 0 bridgehead atoms. The number of thioether (sulfide) groups is 1. The van der Waals surface area contributed by atoms with E-state index in [1.54, 1.807) is 0 Å². The molecular weight excluding hydrogens is 216 g/mol. The van der Waals surface area contributed by atoms with Crippen LogP contribution in [0.2, 0.25) is 0 Å². The van der Waals surface area contributed by atoms with Gasteiger partial charge in [-0.1, -0.05) is 38.1 Å². The summed E-state index contributed by atoms with van der Waals surface area (Å²) in [4.78, 5) is 10.6. The summed E-state index contributed by atoms with van der Waals surface area (Å²) in [6, 6.07) is 8.11. The lowest BCUT2D eigenvalue weighted by atomic mass is 9.97. The van der Waals surface area contributed by atoms with Crippen LogP contribution in [0.4, 0.5) is 0 Å². The molecule has 0 spiro atoms. The molecule has 1 aliphatic rings. The van der Waals surface area contributed by atoms with Gasteiger partial charge in [-0.15, -0.1) is 0 Å². The molecule has 2 rings (SSSR count). The van der Waals surface area contributed by atoms with E-state index in [-0.39, 0.29) is 0 Å². The highest BCUT2D eigenvalue weighted by atomic mass is 32.2. The average Bonchev–Trinajstić information content (AvgIpc) is 3.08. The van der Waals surface area contributed by atoms with Crippen LogP contribution in [0.15, 0.2) is 24.3 Å². The van der Waals surface area contributed by atoms with Gasteiger partial charge in [0, 0.05) is 16.7 Å².